The number of methoxy groups -OCH3 is 1. The van der Waals surface area contributed by atoms with Gasteiger partial charge >= 0.3 is 0 Å². The third kappa shape index (κ3) is 6.87. The van der Waals surface area contributed by atoms with E-state index in [1.807, 2.05) is 0 Å². The SMILES string of the molecule is COCCNC(=O)CNC(=O)C(C)(C)O. The first-order chi connectivity index (χ1) is 6.88. The highest BCUT2D eigenvalue weighted by atomic mass is 16.5. The highest BCUT2D eigenvalue weighted by molar-refractivity contribution is 5.88. The van der Waals surface area contributed by atoms with E-state index in [1.54, 1.807) is 0 Å². The van der Waals surface area contributed by atoms with Crippen molar-refractivity contribution in [2.45, 2.75) is 19.4 Å². The minimum Gasteiger partial charge on any atom is -0.383 e. The van der Waals surface area contributed by atoms with Crippen LogP contribution in [-0.4, -0.2) is 49.3 Å². The molecule has 0 saturated carbocycles. The van der Waals surface area contributed by atoms with Gasteiger partial charge < -0.3 is 20.5 Å². The summed E-state index contributed by atoms with van der Waals surface area (Å²) in [6, 6.07) is 0. The molecule has 0 aromatic carbocycles. The van der Waals surface area contributed by atoms with Gasteiger partial charge in [0.25, 0.3) is 5.91 Å². The summed E-state index contributed by atoms with van der Waals surface area (Å²) in [6.07, 6.45) is 0. The van der Waals surface area contributed by atoms with Crippen LogP contribution in [0.3, 0.4) is 0 Å². The van der Waals surface area contributed by atoms with Crippen LogP contribution in [-0.2, 0) is 14.3 Å². The fraction of sp³-hybridized carbons (Fsp3) is 0.778. The lowest BCUT2D eigenvalue weighted by Crippen LogP contribution is -2.46. The number of nitrogens with one attached hydrogen (secondary N) is 2. The van der Waals surface area contributed by atoms with Crippen molar-refractivity contribution in [1.29, 1.82) is 0 Å². The molecule has 0 aliphatic heterocycles. The zero-order chi connectivity index (χ0) is 11.9. The third-order valence-electron chi connectivity index (χ3n) is 1.59. The van der Waals surface area contributed by atoms with Gasteiger partial charge in [-0.15, -0.1) is 0 Å². The molecule has 0 bridgehead atoms. The monoisotopic (exact) mass is 218 g/mol. The molecule has 6 heteroatoms. The van der Waals surface area contributed by atoms with Crippen molar-refractivity contribution in [1.82, 2.24) is 10.6 Å². The van der Waals surface area contributed by atoms with E-state index < -0.39 is 11.5 Å². The largest absolute Gasteiger partial charge is 0.383 e. The Morgan fingerprint density at radius 1 is 1.33 bits per heavy atom. The Morgan fingerprint density at radius 3 is 2.40 bits per heavy atom. The third-order valence-corrected chi connectivity index (χ3v) is 1.59. The summed E-state index contributed by atoms with van der Waals surface area (Å²) in [5.74, 6) is -0.894. The molecule has 0 aromatic heterocycles. The van der Waals surface area contributed by atoms with Crippen LogP contribution in [0, 0.1) is 0 Å². The molecule has 2 amide bonds. The first kappa shape index (κ1) is 13.9. The number of hydrogen-bond donors (Lipinski definition) is 3. The number of aliphatic hydroxyl groups is 1. The van der Waals surface area contributed by atoms with E-state index in [1.165, 1.54) is 21.0 Å². The Hall–Kier alpha value is -1.14. The van der Waals surface area contributed by atoms with Crippen molar-refractivity contribution in [3.8, 4) is 0 Å². The summed E-state index contributed by atoms with van der Waals surface area (Å²) in [4.78, 5) is 22.2. The molecule has 0 unspecified atom stereocenters. The van der Waals surface area contributed by atoms with Gasteiger partial charge in [-0.3, -0.25) is 9.59 Å². The molecule has 0 rings (SSSR count). The maximum absolute atomic E-state index is 11.1. The predicted octanol–water partition coefficient (Wildman–Crippen LogP) is -1.36. The average molecular weight is 218 g/mol. The summed E-state index contributed by atoms with van der Waals surface area (Å²) >= 11 is 0. The Labute approximate surface area is 89.0 Å². The van der Waals surface area contributed by atoms with Crippen molar-refractivity contribution in [2.75, 3.05) is 26.8 Å². The van der Waals surface area contributed by atoms with Gasteiger partial charge in [-0.05, 0) is 13.8 Å². The fourth-order valence-electron chi connectivity index (χ4n) is 0.732. The quantitative estimate of drug-likeness (QED) is 0.480. The molecule has 15 heavy (non-hydrogen) atoms. The van der Waals surface area contributed by atoms with Gasteiger partial charge in [0.05, 0.1) is 13.2 Å². The zero-order valence-corrected chi connectivity index (χ0v) is 9.29. The zero-order valence-electron chi connectivity index (χ0n) is 9.29. The molecular weight excluding hydrogens is 200 g/mol. The Morgan fingerprint density at radius 2 is 1.93 bits per heavy atom. The Bertz CT molecular complexity index is 223. The normalized spacial score (nSPS) is 10.9. The van der Waals surface area contributed by atoms with E-state index in [9.17, 15) is 14.7 Å². The van der Waals surface area contributed by atoms with Crippen molar-refractivity contribution >= 4 is 11.8 Å². The van der Waals surface area contributed by atoms with Crippen LogP contribution in [0.1, 0.15) is 13.8 Å². The lowest BCUT2D eigenvalue weighted by atomic mass is 10.1. The van der Waals surface area contributed by atoms with Crippen LogP contribution in [0.25, 0.3) is 0 Å². The molecule has 0 spiro atoms. The molecule has 0 radical (unpaired) electrons. The molecule has 0 saturated heterocycles. The second-order valence-electron chi connectivity index (χ2n) is 3.58. The van der Waals surface area contributed by atoms with Crippen LogP contribution in [0.2, 0.25) is 0 Å². The predicted molar refractivity (Wildman–Crippen MR) is 54.2 cm³/mol. The molecule has 6 nitrogen and oxygen atoms in total. The van der Waals surface area contributed by atoms with Crippen LogP contribution < -0.4 is 10.6 Å². The fourth-order valence-corrected chi connectivity index (χ4v) is 0.732. The maximum atomic E-state index is 11.1. The second-order valence-corrected chi connectivity index (χ2v) is 3.58. The lowest BCUT2D eigenvalue weighted by molar-refractivity contribution is -0.137. The summed E-state index contributed by atoms with van der Waals surface area (Å²) in [7, 11) is 1.53. The number of amides is 2. The van der Waals surface area contributed by atoms with Crippen molar-refractivity contribution < 1.29 is 19.4 Å². The Balaban J connectivity index is 3.67. The van der Waals surface area contributed by atoms with Gasteiger partial charge in [0, 0.05) is 13.7 Å². The minimum atomic E-state index is -1.47. The van der Waals surface area contributed by atoms with E-state index in [0.29, 0.717) is 13.2 Å². The van der Waals surface area contributed by atoms with E-state index in [-0.39, 0.29) is 12.5 Å². The van der Waals surface area contributed by atoms with Crippen molar-refractivity contribution in [3.05, 3.63) is 0 Å². The van der Waals surface area contributed by atoms with Gasteiger partial charge in [-0.1, -0.05) is 0 Å². The van der Waals surface area contributed by atoms with Crippen LogP contribution in [0.15, 0.2) is 0 Å². The highest BCUT2D eigenvalue weighted by Crippen LogP contribution is 1.98. The smallest absolute Gasteiger partial charge is 0.251 e. The molecule has 0 atom stereocenters. The van der Waals surface area contributed by atoms with Gasteiger partial charge in [0.2, 0.25) is 5.91 Å². The first-order valence-electron chi connectivity index (χ1n) is 4.64. The second kappa shape index (κ2) is 6.36. The number of carbonyl (C=O) groups is 2. The average Bonchev–Trinajstić information content (AvgIpc) is 2.13. The molecule has 0 heterocycles. The molecule has 0 aromatic rings. The topological polar surface area (TPSA) is 87.7 Å². The van der Waals surface area contributed by atoms with Gasteiger partial charge in [0.15, 0.2) is 0 Å². The molecule has 88 valence electrons. The summed E-state index contributed by atoms with van der Waals surface area (Å²) < 4.78 is 4.73. The summed E-state index contributed by atoms with van der Waals surface area (Å²) in [5.41, 5.74) is -1.47. The van der Waals surface area contributed by atoms with Crippen molar-refractivity contribution in [3.63, 3.8) is 0 Å². The number of hydrogen-bond acceptors (Lipinski definition) is 4. The van der Waals surface area contributed by atoms with Gasteiger partial charge in [-0.2, -0.15) is 0 Å². The molecule has 0 aliphatic rings. The molecule has 0 aliphatic carbocycles. The van der Waals surface area contributed by atoms with E-state index >= 15 is 0 Å². The Kier molecular flexibility index (Phi) is 5.88. The van der Waals surface area contributed by atoms with Crippen LogP contribution in [0.5, 0.6) is 0 Å². The summed E-state index contributed by atoms with van der Waals surface area (Å²) in [6.45, 7) is 3.38. The van der Waals surface area contributed by atoms with E-state index in [0.717, 1.165) is 0 Å². The first-order valence-corrected chi connectivity index (χ1v) is 4.64. The van der Waals surface area contributed by atoms with E-state index in [2.05, 4.69) is 10.6 Å². The standard InChI is InChI=1S/C9H18N2O4/c1-9(2,14)8(13)11-6-7(12)10-4-5-15-3/h14H,4-6H2,1-3H3,(H,10,12)(H,11,13). The van der Waals surface area contributed by atoms with Crippen LogP contribution in [0.4, 0.5) is 0 Å². The van der Waals surface area contributed by atoms with Crippen LogP contribution >= 0.6 is 0 Å². The molecule has 0 fully saturated rings. The molecular formula is C9H18N2O4. The van der Waals surface area contributed by atoms with Crippen molar-refractivity contribution in [2.24, 2.45) is 0 Å². The molecule has 3 N–H and O–H groups in total. The number of ether oxygens (including phenoxy) is 1. The summed E-state index contributed by atoms with van der Waals surface area (Å²) in [5, 5.41) is 14.1. The lowest BCUT2D eigenvalue weighted by Gasteiger charge is -2.16. The maximum Gasteiger partial charge on any atom is 0.251 e. The van der Waals surface area contributed by atoms with E-state index in [4.69, 9.17) is 4.74 Å². The highest BCUT2D eigenvalue weighted by Gasteiger charge is 2.23. The number of rotatable bonds is 6. The van der Waals surface area contributed by atoms with Gasteiger partial charge in [-0.25, -0.2) is 0 Å². The number of carbonyl (C=O) groups excluding carboxylic acids is 2. The minimum absolute atomic E-state index is 0.146. The van der Waals surface area contributed by atoms with Gasteiger partial charge in [0.1, 0.15) is 5.60 Å².